The van der Waals surface area contributed by atoms with E-state index >= 15 is 0 Å². The lowest BCUT2D eigenvalue weighted by Crippen LogP contribution is -2.43. The third-order valence-electron chi connectivity index (χ3n) is 1.76. The van der Waals surface area contributed by atoms with Crippen LogP contribution in [0.3, 0.4) is 0 Å². The summed E-state index contributed by atoms with van der Waals surface area (Å²) >= 11 is 0. The van der Waals surface area contributed by atoms with Crippen LogP contribution in [0.25, 0.3) is 0 Å². The first-order valence-corrected chi connectivity index (χ1v) is 4.53. The van der Waals surface area contributed by atoms with Gasteiger partial charge < -0.3 is 15.4 Å². The molecule has 5 nitrogen and oxygen atoms in total. The average molecular weight is 199 g/mol. The molecule has 0 spiro atoms. The molecule has 0 rings (SSSR count). The number of hydrogen-bond acceptors (Lipinski definition) is 4. The Balaban J connectivity index is 4.09. The van der Waals surface area contributed by atoms with Crippen molar-refractivity contribution in [2.24, 2.45) is 5.73 Å². The largest absolute Gasteiger partial charge is 0.383 e. The highest BCUT2D eigenvalue weighted by Gasteiger charge is 2.16. The van der Waals surface area contributed by atoms with E-state index in [-0.39, 0.29) is 5.91 Å². The molecule has 5 heteroatoms. The van der Waals surface area contributed by atoms with E-state index in [1.807, 2.05) is 6.07 Å². The van der Waals surface area contributed by atoms with Crippen LogP contribution in [0, 0.1) is 11.3 Å². The SMILES string of the molecule is COCCN(CCC#N)C(=O)C(C)N. The zero-order valence-corrected chi connectivity index (χ0v) is 8.69. The van der Waals surface area contributed by atoms with Crippen molar-refractivity contribution in [2.45, 2.75) is 19.4 Å². The van der Waals surface area contributed by atoms with Crippen LogP contribution in [-0.2, 0) is 9.53 Å². The topological polar surface area (TPSA) is 79.3 Å². The molecule has 0 aliphatic heterocycles. The summed E-state index contributed by atoms with van der Waals surface area (Å²) in [6.07, 6.45) is 0.322. The van der Waals surface area contributed by atoms with Crippen molar-refractivity contribution in [1.29, 1.82) is 5.26 Å². The van der Waals surface area contributed by atoms with Gasteiger partial charge in [-0.1, -0.05) is 0 Å². The lowest BCUT2D eigenvalue weighted by Gasteiger charge is -2.22. The van der Waals surface area contributed by atoms with Crippen LogP contribution >= 0.6 is 0 Å². The minimum atomic E-state index is -0.523. The lowest BCUT2D eigenvalue weighted by molar-refractivity contribution is -0.132. The second-order valence-corrected chi connectivity index (χ2v) is 3.01. The van der Waals surface area contributed by atoms with E-state index in [0.717, 1.165) is 0 Å². The maximum absolute atomic E-state index is 11.5. The molecule has 0 saturated heterocycles. The fourth-order valence-electron chi connectivity index (χ4n) is 1.01. The van der Waals surface area contributed by atoms with E-state index in [2.05, 4.69) is 0 Å². The van der Waals surface area contributed by atoms with E-state index in [4.69, 9.17) is 15.7 Å². The number of carbonyl (C=O) groups excluding carboxylic acids is 1. The summed E-state index contributed by atoms with van der Waals surface area (Å²) in [5.74, 6) is -0.141. The Labute approximate surface area is 84.4 Å². The predicted octanol–water partition coefficient (Wildman–Crippen LogP) is -0.278. The molecule has 0 fully saturated rings. The van der Waals surface area contributed by atoms with Crippen molar-refractivity contribution in [3.05, 3.63) is 0 Å². The second kappa shape index (κ2) is 7.30. The number of nitriles is 1. The quantitative estimate of drug-likeness (QED) is 0.638. The molecule has 0 aliphatic rings. The summed E-state index contributed by atoms with van der Waals surface area (Å²) in [4.78, 5) is 13.0. The molecule has 0 aromatic rings. The molecule has 0 bridgehead atoms. The van der Waals surface area contributed by atoms with Gasteiger partial charge in [-0.25, -0.2) is 0 Å². The number of rotatable bonds is 6. The number of hydrogen-bond donors (Lipinski definition) is 1. The van der Waals surface area contributed by atoms with Crippen molar-refractivity contribution >= 4 is 5.91 Å². The van der Waals surface area contributed by atoms with Crippen LogP contribution in [0.1, 0.15) is 13.3 Å². The molecule has 0 radical (unpaired) electrons. The van der Waals surface area contributed by atoms with Crippen LogP contribution in [0.5, 0.6) is 0 Å². The maximum atomic E-state index is 11.5. The molecular formula is C9H17N3O2. The summed E-state index contributed by atoms with van der Waals surface area (Å²) in [6.45, 7) is 3.00. The Morgan fingerprint density at radius 3 is 2.71 bits per heavy atom. The van der Waals surface area contributed by atoms with Crippen LogP contribution in [-0.4, -0.2) is 43.7 Å². The number of nitrogens with two attached hydrogens (primary N) is 1. The van der Waals surface area contributed by atoms with Gasteiger partial charge in [0.15, 0.2) is 0 Å². The summed E-state index contributed by atoms with van der Waals surface area (Å²) in [7, 11) is 1.57. The van der Waals surface area contributed by atoms with Gasteiger partial charge in [0.1, 0.15) is 0 Å². The monoisotopic (exact) mass is 199 g/mol. The Morgan fingerprint density at radius 1 is 1.64 bits per heavy atom. The van der Waals surface area contributed by atoms with E-state index < -0.39 is 6.04 Å². The zero-order chi connectivity index (χ0) is 11.0. The molecule has 2 N–H and O–H groups in total. The standard InChI is InChI=1S/C9H17N3O2/c1-8(11)9(13)12(5-3-4-10)6-7-14-2/h8H,3,5-7,11H2,1-2H3. The van der Waals surface area contributed by atoms with Gasteiger partial charge in [0.2, 0.25) is 5.91 Å². The van der Waals surface area contributed by atoms with Gasteiger partial charge >= 0.3 is 0 Å². The number of ether oxygens (including phenoxy) is 1. The highest BCUT2D eigenvalue weighted by Crippen LogP contribution is 1.95. The zero-order valence-electron chi connectivity index (χ0n) is 8.69. The van der Waals surface area contributed by atoms with Gasteiger partial charge in [0, 0.05) is 20.2 Å². The van der Waals surface area contributed by atoms with Crippen molar-refractivity contribution in [3.8, 4) is 6.07 Å². The van der Waals surface area contributed by atoms with Crippen molar-refractivity contribution in [2.75, 3.05) is 26.8 Å². The van der Waals surface area contributed by atoms with Gasteiger partial charge in [0.05, 0.1) is 25.1 Å². The Kier molecular flexibility index (Phi) is 6.72. The Morgan fingerprint density at radius 2 is 2.29 bits per heavy atom. The first-order chi connectivity index (χ1) is 6.63. The van der Waals surface area contributed by atoms with E-state index in [9.17, 15) is 4.79 Å². The third kappa shape index (κ3) is 4.80. The van der Waals surface area contributed by atoms with E-state index in [1.165, 1.54) is 0 Å². The molecule has 14 heavy (non-hydrogen) atoms. The molecule has 1 unspecified atom stereocenters. The Bertz CT molecular complexity index is 211. The van der Waals surface area contributed by atoms with E-state index in [1.54, 1.807) is 18.9 Å². The Hall–Kier alpha value is -1.12. The molecule has 0 aromatic heterocycles. The molecule has 0 saturated carbocycles. The number of carbonyl (C=O) groups is 1. The summed E-state index contributed by atoms with van der Waals surface area (Å²) in [6, 6.07) is 1.47. The smallest absolute Gasteiger partial charge is 0.239 e. The maximum Gasteiger partial charge on any atom is 0.239 e. The number of amides is 1. The van der Waals surface area contributed by atoms with Crippen molar-refractivity contribution < 1.29 is 9.53 Å². The first-order valence-electron chi connectivity index (χ1n) is 4.53. The van der Waals surface area contributed by atoms with Gasteiger partial charge in [-0.05, 0) is 6.92 Å². The summed E-state index contributed by atoms with van der Waals surface area (Å²) in [5, 5.41) is 8.41. The average Bonchev–Trinajstić information content (AvgIpc) is 2.17. The number of methoxy groups -OCH3 is 1. The van der Waals surface area contributed by atoms with Crippen LogP contribution in [0.2, 0.25) is 0 Å². The summed E-state index contributed by atoms with van der Waals surface area (Å²) in [5.41, 5.74) is 5.47. The minimum Gasteiger partial charge on any atom is -0.383 e. The van der Waals surface area contributed by atoms with Gasteiger partial charge in [0.25, 0.3) is 0 Å². The van der Waals surface area contributed by atoms with Crippen molar-refractivity contribution in [3.63, 3.8) is 0 Å². The molecular weight excluding hydrogens is 182 g/mol. The van der Waals surface area contributed by atoms with Gasteiger partial charge in [-0.3, -0.25) is 4.79 Å². The highest BCUT2D eigenvalue weighted by molar-refractivity contribution is 5.81. The predicted molar refractivity (Wildman–Crippen MR) is 52.3 cm³/mol. The van der Waals surface area contributed by atoms with Crippen LogP contribution in [0.15, 0.2) is 0 Å². The highest BCUT2D eigenvalue weighted by atomic mass is 16.5. The molecule has 0 heterocycles. The fraction of sp³-hybridized carbons (Fsp3) is 0.778. The molecule has 1 amide bonds. The summed E-state index contributed by atoms with van der Waals surface area (Å²) < 4.78 is 4.86. The molecule has 1 atom stereocenters. The normalized spacial score (nSPS) is 11.9. The van der Waals surface area contributed by atoms with Crippen LogP contribution < -0.4 is 5.73 Å². The lowest BCUT2D eigenvalue weighted by atomic mass is 10.3. The molecule has 80 valence electrons. The van der Waals surface area contributed by atoms with E-state index in [0.29, 0.717) is 26.1 Å². The fourth-order valence-corrected chi connectivity index (χ4v) is 1.01. The molecule has 0 aliphatic carbocycles. The van der Waals surface area contributed by atoms with Crippen LogP contribution in [0.4, 0.5) is 0 Å². The van der Waals surface area contributed by atoms with Crippen molar-refractivity contribution in [1.82, 2.24) is 4.90 Å². The number of nitrogens with zero attached hydrogens (tertiary/aromatic N) is 2. The van der Waals surface area contributed by atoms with Gasteiger partial charge in [-0.15, -0.1) is 0 Å². The minimum absolute atomic E-state index is 0.141. The molecule has 0 aromatic carbocycles. The third-order valence-corrected chi connectivity index (χ3v) is 1.76. The van der Waals surface area contributed by atoms with Gasteiger partial charge in [-0.2, -0.15) is 5.26 Å². The first kappa shape index (κ1) is 12.9. The second-order valence-electron chi connectivity index (χ2n) is 3.01.